The first kappa shape index (κ1) is 13.5. The SMILES string of the molecule is c1ccc2c(c1)[nH]c1ccccc12.c1cnc2ncccc2c1. The number of nitrogens with one attached hydrogen (secondary N) is 1. The van der Waals surface area contributed by atoms with E-state index in [1.807, 2.05) is 24.3 Å². The Morgan fingerprint density at radius 1 is 0.565 bits per heavy atom. The van der Waals surface area contributed by atoms with Crippen molar-refractivity contribution < 1.29 is 0 Å². The maximum absolute atomic E-state index is 4.07. The average Bonchev–Trinajstić information content (AvgIpc) is 3.01. The van der Waals surface area contributed by atoms with E-state index in [2.05, 4.69) is 63.5 Å². The Labute approximate surface area is 133 Å². The first-order valence-corrected chi connectivity index (χ1v) is 7.53. The summed E-state index contributed by atoms with van der Waals surface area (Å²) in [5.41, 5.74) is 3.23. The van der Waals surface area contributed by atoms with Crippen LogP contribution >= 0.6 is 0 Å². The molecule has 5 rings (SSSR count). The number of pyridine rings is 2. The molecule has 0 aliphatic rings. The summed E-state index contributed by atoms with van der Waals surface area (Å²) in [5.74, 6) is 0. The highest BCUT2D eigenvalue weighted by Crippen LogP contribution is 2.24. The van der Waals surface area contributed by atoms with Gasteiger partial charge in [-0.15, -0.1) is 0 Å². The highest BCUT2D eigenvalue weighted by Gasteiger charge is 2.00. The van der Waals surface area contributed by atoms with Crippen LogP contribution in [-0.2, 0) is 0 Å². The van der Waals surface area contributed by atoms with Gasteiger partial charge in [0.1, 0.15) is 0 Å². The van der Waals surface area contributed by atoms with Crippen LogP contribution in [0.3, 0.4) is 0 Å². The lowest BCUT2D eigenvalue weighted by molar-refractivity contribution is 1.29. The van der Waals surface area contributed by atoms with Gasteiger partial charge in [-0.05, 0) is 36.4 Å². The normalized spacial score (nSPS) is 10.6. The monoisotopic (exact) mass is 297 g/mol. The average molecular weight is 297 g/mol. The molecular weight excluding hydrogens is 282 g/mol. The van der Waals surface area contributed by atoms with Gasteiger partial charge in [0.2, 0.25) is 0 Å². The van der Waals surface area contributed by atoms with E-state index in [0.29, 0.717) is 0 Å². The third-order valence-electron chi connectivity index (χ3n) is 3.79. The summed E-state index contributed by atoms with van der Waals surface area (Å²) in [6.45, 7) is 0. The molecule has 1 N–H and O–H groups in total. The van der Waals surface area contributed by atoms with E-state index in [0.717, 1.165) is 11.0 Å². The molecular formula is C20H15N3. The van der Waals surface area contributed by atoms with Gasteiger partial charge in [0.15, 0.2) is 5.65 Å². The Balaban J connectivity index is 0.000000122. The number of aromatic nitrogens is 3. The lowest BCUT2D eigenvalue weighted by atomic mass is 10.2. The Bertz CT molecular complexity index is 964. The fourth-order valence-electron chi connectivity index (χ4n) is 2.71. The van der Waals surface area contributed by atoms with Crippen LogP contribution in [0.4, 0.5) is 0 Å². The number of hydrogen-bond donors (Lipinski definition) is 1. The Morgan fingerprint density at radius 2 is 1.09 bits per heavy atom. The predicted octanol–water partition coefficient (Wildman–Crippen LogP) is 4.95. The van der Waals surface area contributed by atoms with Gasteiger partial charge < -0.3 is 4.98 Å². The lowest BCUT2D eigenvalue weighted by Gasteiger charge is -1.90. The number of hydrogen-bond acceptors (Lipinski definition) is 2. The molecule has 3 heterocycles. The predicted molar refractivity (Wildman–Crippen MR) is 95.3 cm³/mol. The number of rotatable bonds is 0. The molecule has 3 heteroatoms. The highest BCUT2D eigenvalue weighted by atomic mass is 14.8. The van der Waals surface area contributed by atoms with E-state index in [1.165, 1.54) is 21.8 Å². The number of fused-ring (bicyclic) bond motifs is 4. The number of H-pyrrole nitrogens is 1. The summed E-state index contributed by atoms with van der Waals surface area (Å²) in [4.78, 5) is 11.5. The van der Waals surface area contributed by atoms with E-state index < -0.39 is 0 Å². The fraction of sp³-hybridized carbons (Fsp3) is 0. The molecule has 0 saturated carbocycles. The zero-order valence-electron chi connectivity index (χ0n) is 12.5. The van der Waals surface area contributed by atoms with Crippen LogP contribution in [0.5, 0.6) is 0 Å². The summed E-state index contributed by atoms with van der Waals surface area (Å²) in [6.07, 6.45) is 3.49. The van der Waals surface area contributed by atoms with Crippen molar-refractivity contribution in [2.24, 2.45) is 0 Å². The van der Waals surface area contributed by atoms with Crippen LogP contribution in [0.1, 0.15) is 0 Å². The lowest BCUT2D eigenvalue weighted by Crippen LogP contribution is -1.78. The van der Waals surface area contributed by atoms with Crippen LogP contribution in [0.25, 0.3) is 32.8 Å². The van der Waals surface area contributed by atoms with Gasteiger partial charge in [-0.2, -0.15) is 0 Å². The van der Waals surface area contributed by atoms with Crippen LogP contribution in [0, 0.1) is 0 Å². The molecule has 0 atom stereocenters. The molecule has 3 aromatic heterocycles. The molecule has 0 fully saturated rings. The number of aromatic amines is 1. The van der Waals surface area contributed by atoms with E-state index in [9.17, 15) is 0 Å². The second-order valence-electron chi connectivity index (χ2n) is 5.27. The summed E-state index contributed by atoms with van der Waals surface area (Å²) >= 11 is 0. The topological polar surface area (TPSA) is 41.6 Å². The smallest absolute Gasteiger partial charge is 0.159 e. The highest BCUT2D eigenvalue weighted by molar-refractivity contribution is 6.06. The van der Waals surface area contributed by atoms with Crippen molar-refractivity contribution in [2.45, 2.75) is 0 Å². The van der Waals surface area contributed by atoms with Crippen LogP contribution in [-0.4, -0.2) is 15.0 Å². The van der Waals surface area contributed by atoms with Crippen molar-refractivity contribution >= 4 is 32.8 Å². The van der Waals surface area contributed by atoms with E-state index in [1.54, 1.807) is 12.4 Å². The molecule has 2 aromatic carbocycles. The van der Waals surface area contributed by atoms with Crippen molar-refractivity contribution in [3.63, 3.8) is 0 Å². The van der Waals surface area contributed by atoms with Crippen molar-refractivity contribution in [3.8, 4) is 0 Å². The standard InChI is InChI=1S/C12H9N.C8H6N2/c1-3-7-11-9(5-1)10-6-2-4-8-12(10)13-11;1-3-7-4-2-6-10-8(7)9-5-1/h1-8,13H;1-6H. The zero-order chi connectivity index (χ0) is 15.5. The maximum Gasteiger partial charge on any atom is 0.159 e. The van der Waals surface area contributed by atoms with E-state index >= 15 is 0 Å². The number of para-hydroxylation sites is 2. The summed E-state index contributed by atoms with van der Waals surface area (Å²) in [6, 6.07) is 24.6. The number of nitrogens with zero attached hydrogens (tertiary/aromatic N) is 2. The molecule has 0 spiro atoms. The Hall–Kier alpha value is -3.20. The van der Waals surface area contributed by atoms with Crippen molar-refractivity contribution in [2.75, 3.05) is 0 Å². The van der Waals surface area contributed by atoms with Crippen molar-refractivity contribution in [1.29, 1.82) is 0 Å². The van der Waals surface area contributed by atoms with Gasteiger partial charge in [0.05, 0.1) is 0 Å². The van der Waals surface area contributed by atoms with Gasteiger partial charge in [-0.1, -0.05) is 36.4 Å². The fourth-order valence-corrected chi connectivity index (χ4v) is 2.71. The van der Waals surface area contributed by atoms with Crippen LogP contribution < -0.4 is 0 Å². The molecule has 0 aliphatic carbocycles. The molecule has 0 amide bonds. The van der Waals surface area contributed by atoms with E-state index in [4.69, 9.17) is 0 Å². The van der Waals surface area contributed by atoms with Crippen LogP contribution in [0.15, 0.2) is 85.2 Å². The van der Waals surface area contributed by atoms with Crippen molar-refractivity contribution in [3.05, 3.63) is 85.2 Å². The molecule has 0 unspecified atom stereocenters. The molecule has 110 valence electrons. The minimum atomic E-state index is 0.810. The minimum Gasteiger partial charge on any atom is -0.355 e. The Morgan fingerprint density at radius 3 is 1.61 bits per heavy atom. The summed E-state index contributed by atoms with van der Waals surface area (Å²) < 4.78 is 0. The van der Waals surface area contributed by atoms with Crippen molar-refractivity contribution in [1.82, 2.24) is 15.0 Å². The molecule has 5 aromatic rings. The quantitative estimate of drug-likeness (QED) is 0.439. The zero-order valence-corrected chi connectivity index (χ0v) is 12.5. The van der Waals surface area contributed by atoms with Gasteiger partial charge in [-0.25, -0.2) is 9.97 Å². The molecule has 23 heavy (non-hydrogen) atoms. The van der Waals surface area contributed by atoms with Gasteiger partial charge in [-0.3, -0.25) is 0 Å². The summed E-state index contributed by atoms with van der Waals surface area (Å²) in [7, 11) is 0. The summed E-state index contributed by atoms with van der Waals surface area (Å²) in [5, 5.41) is 3.70. The Kier molecular flexibility index (Phi) is 3.45. The first-order valence-electron chi connectivity index (χ1n) is 7.53. The molecule has 0 bridgehead atoms. The van der Waals surface area contributed by atoms with E-state index in [-0.39, 0.29) is 0 Å². The molecule has 0 radical (unpaired) electrons. The van der Waals surface area contributed by atoms with Crippen LogP contribution in [0.2, 0.25) is 0 Å². The third kappa shape index (κ3) is 2.64. The van der Waals surface area contributed by atoms with Gasteiger partial charge in [0, 0.05) is 39.6 Å². The second-order valence-corrected chi connectivity index (χ2v) is 5.27. The van der Waals surface area contributed by atoms with Gasteiger partial charge >= 0.3 is 0 Å². The minimum absolute atomic E-state index is 0.810. The maximum atomic E-state index is 4.07. The third-order valence-corrected chi connectivity index (χ3v) is 3.79. The molecule has 0 saturated heterocycles. The largest absolute Gasteiger partial charge is 0.355 e. The molecule has 0 aliphatic heterocycles. The van der Waals surface area contributed by atoms with Gasteiger partial charge in [0.25, 0.3) is 0 Å². The first-order chi connectivity index (χ1) is 11.4. The molecule has 3 nitrogen and oxygen atoms in total. The second kappa shape index (κ2) is 5.89. The number of benzene rings is 2.